The molecule has 1 saturated carbocycles. The van der Waals surface area contributed by atoms with Gasteiger partial charge >= 0.3 is 0 Å². The smallest absolute Gasteiger partial charge is 0.262 e. The summed E-state index contributed by atoms with van der Waals surface area (Å²) in [7, 11) is 0. The highest BCUT2D eigenvalue weighted by atomic mass is 32.1. The molecule has 168 valence electrons. The summed E-state index contributed by atoms with van der Waals surface area (Å²) in [5.41, 5.74) is 2.56. The zero-order valence-corrected chi connectivity index (χ0v) is 19.0. The van der Waals surface area contributed by atoms with Gasteiger partial charge in [-0.3, -0.25) is 14.2 Å². The zero-order valence-electron chi connectivity index (χ0n) is 18.1. The minimum Gasteiger partial charge on any atom is -0.376 e. The lowest BCUT2D eigenvalue weighted by molar-refractivity contribution is -0.116. The van der Waals surface area contributed by atoms with Crippen molar-refractivity contribution < 1.29 is 9.53 Å². The van der Waals surface area contributed by atoms with Gasteiger partial charge in [-0.2, -0.15) is 0 Å². The number of carbonyl (C=O) groups excluding carboxylic acids is 1. The number of aromatic amines is 1. The molecule has 1 aromatic heterocycles. The Morgan fingerprint density at radius 2 is 1.97 bits per heavy atom. The minimum absolute atomic E-state index is 0.00112. The Morgan fingerprint density at radius 3 is 2.81 bits per heavy atom. The number of nitrogens with zero attached hydrogens (tertiary/aromatic N) is 1. The molecule has 1 heterocycles. The van der Waals surface area contributed by atoms with Gasteiger partial charge in [0, 0.05) is 25.3 Å². The van der Waals surface area contributed by atoms with E-state index in [2.05, 4.69) is 10.3 Å². The topological polar surface area (TPSA) is 76.1 Å². The van der Waals surface area contributed by atoms with Crippen molar-refractivity contribution >= 4 is 34.7 Å². The van der Waals surface area contributed by atoms with E-state index >= 15 is 0 Å². The first-order valence-corrected chi connectivity index (χ1v) is 11.7. The lowest BCUT2D eigenvalue weighted by Crippen LogP contribution is -2.22. The van der Waals surface area contributed by atoms with Crippen LogP contribution in [0.1, 0.15) is 44.1 Å². The first-order chi connectivity index (χ1) is 15.6. The molecule has 2 N–H and O–H groups in total. The molecule has 0 atom stereocenters. The third kappa shape index (κ3) is 6.14. The Hall–Kier alpha value is -2.77. The fraction of sp³-hybridized carbons (Fsp3) is 0.400. The van der Waals surface area contributed by atoms with E-state index in [-0.39, 0.29) is 11.5 Å². The summed E-state index contributed by atoms with van der Waals surface area (Å²) in [6.45, 7) is 1.95. The number of nitrogens with one attached hydrogen (secondary N) is 2. The predicted octanol–water partition coefficient (Wildman–Crippen LogP) is 5.18. The molecule has 0 bridgehead atoms. The molecular weight excluding hydrogens is 422 g/mol. The van der Waals surface area contributed by atoms with Crippen molar-refractivity contribution in [2.24, 2.45) is 5.92 Å². The van der Waals surface area contributed by atoms with Crippen LogP contribution in [0.5, 0.6) is 0 Å². The van der Waals surface area contributed by atoms with Crippen molar-refractivity contribution in [1.82, 2.24) is 9.55 Å². The molecule has 4 rings (SSSR count). The fourth-order valence-electron chi connectivity index (χ4n) is 3.72. The van der Waals surface area contributed by atoms with Crippen LogP contribution in [0.15, 0.2) is 53.3 Å². The number of hydrogen-bond donors (Lipinski definition) is 2. The van der Waals surface area contributed by atoms with Gasteiger partial charge in [0.15, 0.2) is 4.77 Å². The average molecular weight is 452 g/mol. The van der Waals surface area contributed by atoms with E-state index in [0.29, 0.717) is 29.7 Å². The number of rotatable bonds is 11. The number of benzene rings is 2. The van der Waals surface area contributed by atoms with Gasteiger partial charge in [-0.25, -0.2) is 0 Å². The summed E-state index contributed by atoms with van der Waals surface area (Å²) in [4.78, 5) is 28.1. The van der Waals surface area contributed by atoms with E-state index < -0.39 is 0 Å². The van der Waals surface area contributed by atoms with Crippen LogP contribution >= 0.6 is 12.2 Å². The van der Waals surface area contributed by atoms with Gasteiger partial charge in [0.2, 0.25) is 5.91 Å². The van der Waals surface area contributed by atoms with E-state index in [1.54, 1.807) is 10.6 Å². The SMILES string of the molecule is O=C(CCCCCn1c(=S)[nH]c2ccccc2c1=O)Nc1cccc(COCC2CC2)c1. The predicted molar refractivity (Wildman–Crippen MR) is 129 cm³/mol. The molecule has 32 heavy (non-hydrogen) atoms. The summed E-state index contributed by atoms with van der Waals surface area (Å²) in [5, 5.41) is 3.61. The van der Waals surface area contributed by atoms with E-state index in [1.807, 2.05) is 42.5 Å². The number of amides is 1. The lowest BCUT2D eigenvalue weighted by atomic mass is 10.1. The Bertz CT molecular complexity index is 1200. The van der Waals surface area contributed by atoms with Crippen LogP contribution in [0, 0.1) is 10.7 Å². The fourth-order valence-corrected chi connectivity index (χ4v) is 4.01. The monoisotopic (exact) mass is 451 g/mol. The van der Waals surface area contributed by atoms with Crippen molar-refractivity contribution in [2.75, 3.05) is 11.9 Å². The second kappa shape index (κ2) is 10.7. The Kier molecular flexibility index (Phi) is 7.50. The normalized spacial score (nSPS) is 13.4. The first-order valence-electron chi connectivity index (χ1n) is 11.3. The molecule has 1 aliphatic carbocycles. The van der Waals surface area contributed by atoms with Crippen LogP contribution in [0.25, 0.3) is 10.9 Å². The molecule has 0 aliphatic heterocycles. The largest absolute Gasteiger partial charge is 0.376 e. The maximum Gasteiger partial charge on any atom is 0.262 e. The average Bonchev–Trinajstić information content (AvgIpc) is 3.60. The number of hydrogen-bond acceptors (Lipinski definition) is 4. The van der Waals surface area contributed by atoms with Gasteiger partial charge in [0.05, 0.1) is 17.5 Å². The van der Waals surface area contributed by atoms with Crippen molar-refractivity contribution in [3.05, 3.63) is 69.2 Å². The van der Waals surface area contributed by atoms with Crippen molar-refractivity contribution in [3.8, 4) is 0 Å². The van der Waals surface area contributed by atoms with Gasteiger partial charge in [-0.15, -0.1) is 0 Å². The van der Waals surface area contributed by atoms with Crippen LogP contribution in [0.2, 0.25) is 0 Å². The minimum atomic E-state index is -0.0666. The van der Waals surface area contributed by atoms with E-state index in [1.165, 1.54) is 12.8 Å². The Balaban J connectivity index is 1.20. The molecule has 1 fully saturated rings. The molecule has 6 nitrogen and oxygen atoms in total. The standard InChI is InChI=1S/C25H29N3O3S/c29-23(26-20-8-6-7-19(15-20)17-31-16-18-12-13-18)11-2-1-5-14-28-24(30)21-9-3-4-10-22(21)27-25(28)32/h3-4,6-10,15,18H,1-2,5,11-14,16-17H2,(H,26,29)(H,27,32). The van der Waals surface area contributed by atoms with Crippen LogP contribution in [-0.2, 0) is 22.7 Å². The van der Waals surface area contributed by atoms with Crippen LogP contribution in [-0.4, -0.2) is 22.1 Å². The highest BCUT2D eigenvalue weighted by Gasteiger charge is 2.21. The number of unbranched alkanes of at least 4 members (excludes halogenated alkanes) is 2. The van der Waals surface area contributed by atoms with Crippen molar-refractivity contribution in [1.29, 1.82) is 0 Å². The molecule has 0 spiro atoms. The second-order valence-corrected chi connectivity index (χ2v) is 8.84. The summed E-state index contributed by atoms with van der Waals surface area (Å²) in [6, 6.07) is 15.2. The van der Waals surface area contributed by atoms with Gasteiger partial charge in [0.1, 0.15) is 0 Å². The van der Waals surface area contributed by atoms with Gasteiger partial charge < -0.3 is 15.0 Å². The van der Waals surface area contributed by atoms with Crippen molar-refractivity contribution in [3.63, 3.8) is 0 Å². The summed E-state index contributed by atoms with van der Waals surface area (Å²) < 4.78 is 7.77. The van der Waals surface area contributed by atoms with E-state index in [9.17, 15) is 9.59 Å². The molecule has 2 aromatic carbocycles. The number of para-hydroxylation sites is 1. The Morgan fingerprint density at radius 1 is 1.12 bits per heavy atom. The number of aromatic nitrogens is 2. The molecule has 3 aromatic rings. The Labute approximate surface area is 192 Å². The quantitative estimate of drug-likeness (QED) is 0.311. The summed E-state index contributed by atoms with van der Waals surface area (Å²) in [5.74, 6) is 0.745. The molecule has 0 saturated heterocycles. The molecule has 7 heteroatoms. The molecule has 0 radical (unpaired) electrons. The highest BCUT2D eigenvalue weighted by Crippen LogP contribution is 2.29. The van der Waals surface area contributed by atoms with Crippen LogP contribution in [0.3, 0.4) is 0 Å². The molecule has 0 unspecified atom stereocenters. The lowest BCUT2D eigenvalue weighted by Gasteiger charge is -2.09. The number of H-pyrrole nitrogens is 1. The maximum atomic E-state index is 12.7. The third-order valence-corrected chi connectivity index (χ3v) is 6.03. The zero-order chi connectivity index (χ0) is 22.3. The van der Waals surface area contributed by atoms with E-state index in [4.69, 9.17) is 17.0 Å². The molecule has 1 amide bonds. The van der Waals surface area contributed by atoms with E-state index in [0.717, 1.165) is 48.6 Å². The summed E-state index contributed by atoms with van der Waals surface area (Å²) in [6.07, 6.45) is 5.40. The second-order valence-electron chi connectivity index (χ2n) is 8.45. The van der Waals surface area contributed by atoms with Gasteiger partial charge in [-0.1, -0.05) is 30.7 Å². The van der Waals surface area contributed by atoms with Crippen LogP contribution in [0.4, 0.5) is 5.69 Å². The number of anilines is 1. The molecule has 1 aliphatic rings. The van der Waals surface area contributed by atoms with Crippen LogP contribution < -0.4 is 10.9 Å². The van der Waals surface area contributed by atoms with Crippen molar-refractivity contribution in [2.45, 2.75) is 51.7 Å². The summed E-state index contributed by atoms with van der Waals surface area (Å²) >= 11 is 5.35. The first kappa shape index (κ1) is 22.4. The van der Waals surface area contributed by atoms with Gasteiger partial charge in [0.25, 0.3) is 5.56 Å². The number of fused-ring (bicyclic) bond motifs is 1. The molecular formula is C25H29N3O3S. The highest BCUT2D eigenvalue weighted by molar-refractivity contribution is 7.71. The maximum absolute atomic E-state index is 12.7. The number of ether oxygens (including phenoxy) is 1. The van der Waals surface area contributed by atoms with Gasteiger partial charge in [-0.05, 0) is 73.6 Å². The number of carbonyl (C=O) groups is 1. The third-order valence-electron chi connectivity index (χ3n) is 5.70.